The number of hydrogen-bond acceptors (Lipinski definition) is 1. The van der Waals surface area contributed by atoms with E-state index in [-0.39, 0.29) is 0 Å². The topological polar surface area (TPSA) is 22.8 Å². The molecule has 0 aliphatic heterocycles. The molecule has 28 heavy (non-hydrogen) atoms. The van der Waals surface area contributed by atoms with Crippen LogP contribution in [-0.4, -0.2) is 14.1 Å². The van der Waals surface area contributed by atoms with Gasteiger partial charge in [-0.25, -0.2) is 4.98 Å². The van der Waals surface area contributed by atoms with Gasteiger partial charge in [0.25, 0.3) is 0 Å². The van der Waals surface area contributed by atoms with Gasteiger partial charge < -0.3 is 9.13 Å². The molecule has 0 atom stereocenters. The number of benzene rings is 3. The lowest BCUT2D eigenvalue weighted by molar-refractivity contribution is 0.648. The van der Waals surface area contributed by atoms with Gasteiger partial charge >= 0.3 is 0 Å². The third-order valence-electron chi connectivity index (χ3n) is 6.14. The van der Waals surface area contributed by atoms with Crippen molar-refractivity contribution >= 4 is 32.8 Å². The summed E-state index contributed by atoms with van der Waals surface area (Å²) in [6.45, 7) is 4.27. The molecular weight excluding hydrogens is 342 g/mol. The molecule has 1 fully saturated rings. The van der Waals surface area contributed by atoms with E-state index in [1.807, 2.05) is 0 Å². The van der Waals surface area contributed by atoms with Crippen LogP contribution in [0.3, 0.4) is 0 Å². The van der Waals surface area contributed by atoms with E-state index < -0.39 is 0 Å². The maximum Gasteiger partial charge on any atom is 0.141 e. The Balaban J connectivity index is 1.62. The Morgan fingerprint density at radius 2 is 1.57 bits per heavy atom. The number of hydrogen-bond donors (Lipinski definition) is 0. The highest BCUT2D eigenvalue weighted by Crippen LogP contribution is 2.36. The van der Waals surface area contributed by atoms with Gasteiger partial charge in [0.2, 0.25) is 0 Å². The van der Waals surface area contributed by atoms with Crippen molar-refractivity contribution < 1.29 is 0 Å². The summed E-state index contributed by atoms with van der Waals surface area (Å²) in [7, 11) is 0. The summed E-state index contributed by atoms with van der Waals surface area (Å²) >= 11 is 0. The van der Waals surface area contributed by atoms with Gasteiger partial charge in [0, 0.05) is 40.5 Å². The predicted octanol–water partition coefficient (Wildman–Crippen LogP) is 6.24. The highest BCUT2D eigenvalue weighted by molar-refractivity contribution is 6.09. The van der Waals surface area contributed by atoms with E-state index in [9.17, 15) is 0 Å². The minimum Gasteiger partial charge on any atom is -0.341 e. The second kappa shape index (κ2) is 5.96. The molecule has 2 heterocycles. The Labute approximate surface area is 164 Å². The Morgan fingerprint density at radius 1 is 0.821 bits per heavy atom. The van der Waals surface area contributed by atoms with Crippen LogP contribution in [0.25, 0.3) is 44.2 Å². The molecule has 1 saturated carbocycles. The lowest BCUT2D eigenvalue weighted by atomic mass is 10.1. The van der Waals surface area contributed by atoms with Crippen molar-refractivity contribution in [2.24, 2.45) is 5.92 Å². The van der Waals surface area contributed by atoms with E-state index in [0.29, 0.717) is 0 Å². The molecule has 0 unspecified atom stereocenters. The number of para-hydroxylation sites is 3. The summed E-state index contributed by atoms with van der Waals surface area (Å²) in [4.78, 5) is 5.03. The Hall–Kier alpha value is -3.07. The molecule has 3 nitrogen and oxygen atoms in total. The molecule has 0 radical (unpaired) electrons. The first-order valence-electron chi connectivity index (χ1n) is 10.3. The number of fused-ring (bicyclic) bond motifs is 4. The van der Waals surface area contributed by atoms with Gasteiger partial charge in [-0.15, -0.1) is 0 Å². The molecule has 0 N–H and O–H groups in total. The maximum atomic E-state index is 5.03. The summed E-state index contributed by atoms with van der Waals surface area (Å²) in [6.07, 6.45) is 2.68. The second-order valence-corrected chi connectivity index (χ2v) is 7.97. The summed E-state index contributed by atoms with van der Waals surface area (Å²) in [5.41, 5.74) is 6.17. The number of aryl methyl sites for hydroxylation is 1. The van der Waals surface area contributed by atoms with Crippen molar-refractivity contribution in [2.75, 3.05) is 0 Å². The van der Waals surface area contributed by atoms with Crippen molar-refractivity contribution in [3.63, 3.8) is 0 Å². The first-order valence-corrected chi connectivity index (χ1v) is 10.3. The zero-order valence-electron chi connectivity index (χ0n) is 16.1. The fourth-order valence-corrected chi connectivity index (χ4v) is 4.57. The standard InChI is InChI=1S/C25H23N3/c1-2-27-22-9-5-3-7-19(22)20-15-18(13-14-23(20)27)25-26-21-8-4-6-10-24(21)28(25)16-17-11-12-17/h3-10,13-15,17H,2,11-12,16H2,1H3. The Morgan fingerprint density at radius 3 is 2.39 bits per heavy atom. The zero-order valence-corrected chi connectivity index (χ0v) is 16.1. The van der Waals surface area contributed by atoms with Crippen molar-refractivity contribution in [3.05, 3.63) is 66.7 Å². The van der Waals surface area contributed by atoms with Crippen LogP contribution in [0.15, 0.2) is 66.7 Å². The van der Waals surface area contributed by atoms with Gasteiger partial charge in [-0.1, -0.05) is 30.3 Å². The quantitative estimate of drug-likeness (QED) is 0.369. The normalized spacial score (nSPS) is 14.5. The average molecular weight is 365 g/mol. The molecule has 5 aromatic rings. The Bertz CT molecular complexity index is 1330. The highest BCUT2D eigenvalue weighted by atomic mass is 15.1. The lowest BCUT2D eigenvalue weighted by Gasteiger charge is -2.09. The molecule has 3 heteroatoms. The van der Waals surface area contributed by atoms with Crippen LogP contribution in [0.2, 0.25) is 0 Å². The molecule has 1 aliphatic carbocycles. The summed E-state index contributed by atoms with van der Waals surface area (Å²) in [5.74, 6) is 1.91. The van der Waals surface area contributed by atoms with Gasteiger partial charge in [-0.05, 0) is 62.1 Å². The van der Waals surface area contributed by atoms with Crippen LogP contribution < -0.4 is 0 Å². The number of aromatic nitrogens is 3. The van der Waals surface area contributed by atoms with Crippen LogP contribution in [0.1, 0.15) is 19.8 Å². The van der Waals surface area contributed by atoms with Gasteiger partial charge in [0.15, 0.2) is 0 Å². The SMILES string of the molecule is CCn1c2ccccc2c2cc(-c3nc4ccccc4n3CC3CC3)ccc21. The molecule has 138 valence electrons. The molecule has 0 saturated heterocycles. The molecule has 1 aliphatic rings. The molecule has 6 rings (SSSR count). The summed E-state index contributed by atoms with van der Waals surface area (Å²) in [5, 5.41) is 2.64. The van der Waals surface area contributed by atoms with Gasteiger partial charge in [-0.2, -0.15) is 0 Å². The van der Waals surface area contributed by atoms with Crippen LogP contribution >= 0.6 is 0 Å². The minimum absolute atomic E-state index is 0.807. The molecule has 0 amide bonds. The van der Waals surface area contributed by atoms with Crippen LogP contribution in [0, 0.1) is 5.92 Å². The Kier molecular flexibility index (Phi) is 3.39. The van der Waals surface area contributed by atoms with Crippen molar-refractivity contribution in [2.45, 2.75) is 32.9 Å². The van der Waals surface area contributed by atoms with Gasteiger partial charge in [0.1, 0.15) is 5.82 Å². The minimum atomic E-state index is 0.807. The van der Waals surface area contributed by atoms with E-state index >= 15 is 0 Å². The number of imidazole rings is 1. The fourth-order valence-electron chi connectivity index (χ4n) is 4.57. The third kappa shape index (κ3) is 2.32. The number of rotatable bonds is 4. The maximum absolute atomic E-state index is 5.03. The summed E-state index contributed by atoms with van der Waals surface area (Å²) in [6, 6.07) is 24.1. The predicted molar refractivity (Wildman–Crippen MR) is 117 cm³/mol. The van der Waals surface area contributed by atoms with Crippen molar-refractivity contribution in [3.8, 4) is 11.4 Å². The first kappa shape index (κ1) is 15.9. The monoisotopic (exact) mass is 365 g/mol. The summed E-state index contributed by atoms with van der Waals surface area (Å²) < 4.78 is 4.84. The molecule has 0 spiro atoms. The van der Waals surface area contributed by atoms with Crippen LogP contribution in [0.5, 0.6) is 0 Å². The molecule has 0 bridgehead atoms. The van der Waals surface area contributed by atoms with E-state index in [4.69, 9.17) is 4.98 Å². The van der Waals surface area contributed by atoms with E-state index in [2.05, 4.69) is 82.8 Å². The molecular formula is C25H23N3. The van der Waals surface area contributed by atoms with E-state index in [1.54, 1.807) is 0 Å². The molecule has 3 aromatic carbocycles. The zero-order chi connectivity index (χ0) is 18.7. The third-order valence-corrected chi connectivity index (χ3v) is 6.14. The molecule has 2 aromatic heterocycles. The van der Waals surface area contributed by atoms with Crippen LogP contribution in [-0.2, 0) is 13.1 Å². The fraction of sp³-hybridized carbons (Fsp3) is 0.240. The smallest absolute Gasteiger partial charge is 0.141 e. The first-order chi connectivity index (χ1) is 13.8. The highest BCUT2D eigenvalue weighted by Gasteiger charge is 2.25. The van der Waals surface area contributed by atoms with Crippen LogP contribution in [0.4, 0.5) is 0 Å². The van der Waals surface area contributed by atoms with Crippen molar-refractivity contribution in [1.82, 2.24) is 14.1 Å². The number of nitrogens with zero attached hydrogens (tertiary/aromatic N) is 3. The van der Waals surface area contributed by atoms with Gasteiger partial charge in [-0.3, -0.25) is 0 Å². The van der Waals surface area contributed by atoms with E-state index in [1.165, 1.54) is 45.7 Å². The second-order valence-electron chi connectivity index (χ2n) is 7.97. The van der Waals surface area contributed by atoms with Crippen molar-refractivity contribution in [1.29, 1.82) is 0 Å². The average Bonchev–Trinajstić information content (AvgIpc) is 3.41. The van der Waals surface area contributed by atoms with E-state index in [0.717, 1.165) is 30.3 Å². The largest absolute Gasteiger partial charge is 0.341 e. The lowest BCUT2D eigenvalue weighted by Crippen LogP contribution is -2.02. The van der Waals surface area contributed by atoms with Gasteiger partial charge in [0.05, 0.1) is 11.0 Å².